The summed E-state index contributed by atoms with van der Waals surface area (Å²) in [4.78, 5) is 11.1. The van der Waals surface area contributed by atoms with Crippen LogP contribution in [-0.4, -0.2) is 16.9 Å². The number of hydrogen-bond acceptors (Lipinski definition) is 1. The van der Waals surface area contributed by atoms with Crippen molar-refractivity contribution in [3.63, 3.8) is 0 Å². The smallest absolute Gasteiger partial charge is 0.668 e. The van der Waals surface area contributed by atoms with E-state index >= 15 is 0 Å². The van der Waals surface area contributed by atoms with Crippen LogP contribution in [-0.2, 0) is 26.5 Å². The van der Waals surface area contributed by atoms with Gasteiger partial charge < -0.3 is 31.8 Å². The minimum Gasteiger partial charge on any atom is -0.668 e. The van der Waals surface area contributed by atoms with E-state index in [4.69, 9.17) is 5.73 Å². The molecule has 0 spiro atoms. The van der Waals surface area contributed by atoms with Crippen LogP contribution in [0.5, 0.6) is 0 Å². The van der Waals surface area contributed by atoms with Crippen LogP contribution >= 0.6 is 0 Å². The summed E-state index contributed by atoms with van der Waals surface area (Å²) in [5.41, 5.74) is 9.36. The Bertz CT molecular complexity index is 542. The number of carbonyl (C=O) groups is 1. The molecular weight excluding hydrogens is 466 g/mol. The van der Waals surface area contributed by atoms with Crippen LogP contribution < -0.4 is 0 Å². The standard InChI is InChI=1S/C13H25NO.C9H11.C6H10.2CH3.H4Si.Ti/c14-13(15)12-10-8-6-4-2-1-3-5-7-9-11-12;1-2-5-9-7-3-6-8(9)4-1;1-5(2)6(3)4;;;;/h12H,1-11H2,(H2,14,15);1-2,4-6,8-9H,3,7H2;1,3H2,2,4H3;2*1H3;1H4;/q;-1;;2*-1;;+4/p-1. The molecule has 194 valence electrons. The van der Waals surface area contributed by atoms with Gasteiger partial charge in [-0.1, -0.05) is 107 Å². The van der Waals surface area contributed by atoms with Crippen molar-refractivity contribution in [1.82, 2.24) is 0 Å². The van der Waals surface area contributed by atoms with Crippen LogP contribution in [0.25, 0.3) is 5.73 Å². The van der Waals surface area contributed by atoms with Crippen molar-refractivity contribution < 1.29 is 26.5 Å². The normalized spacial score (nSPS) is 21.7. The Morgan fingerprint density at radius 1 is 0.794 bits per heavy atom. The summed E-state index contributed by atoms with van der Waals surface area (Å²) >= 11 is 0. The Balaban J connectivity index is -0.000000205. The van der Waals surface area contributed by atoms with Crippen molar-refractivity contribution in [1.29, 1.82) is 0 Å². The van der Waals surface area contributed by atoms with Gasteiger partial charge in [0.05, 0.1) is 5.91 Å². The number of allylic oxidation sites excluding steroid dienone is 6. The summed E-state index contributed by atoms with van der Waals surface area (Å²) in [6.45, 7) is 11.2. The molecule has 3 aliphatic rings. The van der Waals surface area contributed by atoms with Crippen LogP contribution in [0.2, 0.25) is 0 Å². The van der Waals surface area contributed by atoms with Crippen molar-refractivity contribution >= 4 is 16.9 Å². The Morgan fingerprint density at radius 2 is 1.21 bits per heavy atom. The molecule has 2 saturated carbocycles. The summed E-state index contributed by atoms with van der Waals surface area (Å²) in [7, 11) is 0. The molecule has 0 saturated heterocycles. The van der Waals surface area contributed by atoms with Crippen molar-refractivity contribution in [3.05, 3.63) is 75.6 Å². The molecule has 4 heteroatoms. The van der Waals surface area contributed by atoms with Crippen LogP contribution in [0.1, 0.15) is 97.3 Å². The van der Waals surface area contributed by atoms with Gasteiger partial charge in [-0.25, -0.2) is 0 Å². The first-order valence-corrected chi connectivity index (χ1v) is 12.2. The Hall–Kier alpha value is -0.639. The molecule has 3 rings (SSSR count). The SMILES string of the molecule is C1=CC2[CH-]CCC2C=C1.C=C(C)C(=C)C.[CH3-].[CH3-].[NH-]C(=O)C1CCCCCCCCCCC1.[SiH4].[Ti+4]. The van der Waals surface area contributed by atoms with E-state index in [-0.39, 0.29) is 59.4 Å². The van der Waals surface area contributed by atoms with E-state index in [2.05, 4.69) is 43.9 Å². The van der Waals surface area contributed by atoms with Crippen molar-refractivity contribution in [2.75, 3.05) is 0 Å². The van der Waals surface area contributed by atoms with Crippen LogP contribution in [0.15, 0.2) is 48.6 Å². The largest absolute Gasteiger partial charge is 4.00 e. The third kappa shape index (κ3) is 19.6. The topological polar surface area (TPSA) is 40.9 Å². The second-order valence-corrected chi connectivity index (χ2v) is 9.21. The Kier molecular flexibility index (Phi) is 30.3. The van der Waals surface area contributed by atoms with E-state index in [9.17, 15) is 4.79 Å². The molecule has 2 fully saturated rings. The van der Waals surface area contributed by atoms with E-state index < -0.39 is 0 Å². The first kappa shape index (κ1) is 40.5. The molecule has 2 unspecified atom stereocenters. The van der Waals surface area contributed by atoms with E-state index in [1.54, 1.807) is 0 Å². The van der Waals surface area contributed by atoms with Gasteiger partial charge in [-0.3, -0.25) is 0 Å². The van der Waals surface area contributed by atoms with E-state index in [0.29, 0.717) is 0 Å². The van der Waals surface area contributed by atoms with E-state index in [1.165, 1.54) is 57.8 Å². The van der Waals surface area contributed by atoms with E-state index in [1.807, 2.05) is 13.8 Å². The quantitative estimate of drug-likeness (QED) is 0.204. The number of rotatable bonds is 2. The van der Waals surface area contributed by atoms with Crippen molar-refractivity contribution in [3.8, 4) is 0 Å². The van der Waals surface area contributed by atoms with Crippen LogP contribution in [0.4, 0.5) is 0 Å². The molecule has 0 bridgehead atoms. The van der Waals surface area contributed by atoms with Gasteiger partial charge in [0, 0.05) is 5.92 Å². The maximum atomic E-state index is 11.1. The Labute approximate surface area is 233 Å². The van der Waals surface area contributed by atoms with Gasteiger partial charge in [0.15, 0.2) is 0 Å². The first-order valence-electron chi connectivity index (χ1n) is 12.2. The maximum absolute atomic E-state index is 11.1. The van der Waals surface area contributed by atoms with Crippen LogP contribution in [0, 0.1) is 39.0 Å². The molecule has 0 aliphatic heterocycles. The average Bonchev–Trinajstić information content (AvgIpc) is 3.18. The predicted octanol–water partition coefficient (Wildman–Crippen LogP) is 8.41. The molecule has 2 atom stereocenters. The summed E-state index contributed by atoms with van der Waals surface area (Å²) in [6.07, 6.45) is 27.5. The van der Waals surface area contributed by atoms with Gasteiger partial charge in [0.25, 0.3) is 0 Å². The molecule has 0 aromatic carbocycles. The fourth-order valence-corrected chi connectivity index (χ4v) is 4.12. The van der Waals surface area contributed by atoms with E-state index in [0.717, 1.165) is 48.7 Å². The second kappa shape index (κ2) is 25.5. The first-order chi connectivity index (χ1) is 14.4. The van der Waals surface area contributed by atoms with Gasteiger partial charge in [0.1, 0.15) is 0 Å². The van der Waals surface area contributed by atoms with Crippen molar-refractivity contribution in [2.45, 2.75) is 97.3 Å². The molecule has 34 heavy (non-hydrogen) atoms. The minimum absolute atomic E-state index is 0. The summed E-state index contributed by atoms with van der Waals surface area (Å²) in [6, 6.07) is 0. The molecule has 3 aliphatic carbocycles. The van der Waals surface area contributed by atoms with Crippen molar-refractivity contribution in [2.24, 2.45) is 17.8 Å². The predicted molar refractivity (Wildman–Crippen MR) is 156 cm³/mol. The number of nitrogens with one attached hydrogen (secondary N) is 1. The molecule has 0 heterocycles. The maximum Gasteiger partial charge on any atom is 4.00 e. The summed E-state index contributed by atoms with van der Waals surface area (Å²) in [5.74, 6) is 1.33. The molecule has 0 radical (unpaired) electrons. The average molecular weight is 522 g/mol. The zero-order valence-electron chi connectivity index (χ0n) is 22.1. The molecular formula is C30H55NOSiTi. The third-order valence-electron chi connectivity index (χ3n) is 6.44. The Morgan fingerprint density at radius 3 is 1.59 bits per heavy atom. The monoisotopic (exact) mass is 521 g/mol. The molecule has 1 N–H and O–H groups in total. The molecule has 0 aromatic rings. The van der Waals surface area contributed by atoms with Gasteiger partial charge in [-0.05, 0) is 43.6 Å². The zero-order valence-corrected chi connectivity index (χ0v) is 23.7. The van der Waals surface area contributed by atoms with Gasteiger partial charge >= 0.3 is 21.7 Å². The molecule has 1 amide bonds. The number of amides is 1. The fourth-order valence-electron chi connectivity index (χ4n) is 4.12. The summed E-state index contributed by atoms with van der Waals surface area (Å²) in [5, 5.41) is 0. The number of carbonyl (C=O) groups excluding carboxylic acids is 1. The molecule has 2 nitrogen and oxygen atoms in total. The number of fused-ring (bicyclic) bond motifs is 1. The summed E-state index contributed by atoms with van der Waals surface area (Å²) < 4.78 is 0. The zero-order chi connectivity index (χ0) is 22.2. The van der Waals surface area contributed by atoms with Gasteiger partial charge in [-0.2, -0.15) is 6.42 Å². The van der Waals surface area contributed by atoms with Gasteiger partial charge in [0.2, 0.25) is 0 Å². The fraction of sp³-hybridized carbons (Fsp3) is 0.600. The third-order valence-corrected chi connectivity index (χ3v) is 6.44. The number of hydrogen-bond donors (Lipinski definition) is 0. The second-order valence-electron chi connectivity index (χ2n) is 9.21. The van der Waals surface area contributed by atoms with Crippen LogP contribution in [0.3, 0.4) is 0 Å². The molecule has 0 aromatic heterocycles. The van der Waals surface area contributed by atoms with Gasteiger partial charge in [-0.15, -0.1) is 12.0 Å². The minimum atomic E-state index is -0.327.